The lowest BCUT2D eigenvalue weighted by molar-refractivity contribution is -0.152. The zero-order valence-electron chi connectivity index (χ0n) is 21.3. The van der Waals surface area contributed by atoms with E-state index >= 15 is 0 Å². The zero-order valence-corrected chi connectivity index (χ0v) is 24.4. The van der Waals surface area contributed by atoms with Crippen LogP contribution in [0.3, 0.4) is 0 Å². The fraction of sp³-hybridized carbons (Fsp3) is 0.240. The third-order valence-electron chi connectivity index (χ3n) is 5.32. The number of hydrogen-bond donors (Lipinski definition) is 0. The maximum atomic E-state index is 13.7. The number of sulfonamides is 1. The predicted molar refractivity (Wildman–Crippen MR) is 149 cm³/mol. The van der Waals surface area contributed by atoms with E-state index in [1.54, 1.807) is 49.7 Å². The van der Waals surface area contributed by atoms with Gasteiger partial charge < -0.3 is 4.74 Å². The highest BCUT2D eigenvalue weighted by atomic mass is 35.5. The average Bonchev–Trinajstić information content (AvgIpc) is 3.23. The Morgan fingerprint density at radius 1 is 0.974 bits per heavy atom. The van der Waals surface area contributed by atoms with Crippen LogP contribution in [0, 0.1) is 0 Å². The number of hydrogen-bond acceptors (Lipinski definition) is 8. The van der Waals surface area contributed by atoms with Crippen molar-refractivity contribution < 1.29 is 26.4 Å². The van der Waals surface area contributed by atoms with Crippen molar-refractivity contribution in [1.29, 1.82) is 0 Å². The summed E-state index contributed by atoms with van der Waals surface area (Å²) in [5, 5.41) is 0.701. The Labute approximate surface area is 236 Å². The minimum absolute atomic E-state index is 0.119. The molecule has 2 heterocycles. The molecule has 206 valence electrons. The minimum atomic E-state index is -4.30. The van der Waals surface area contributed by atoms with Crippen molar-refractivity contribution in [1.82, 2.24) is 14.5 Å². The first-order valence-corrected chi connectivity index (χ1v) is 15.5. The molecule has 0 unspecified atom stereocenters. The van der Waals surface area contributed by atoms with Gasteiger partial charge in [0.05, 0.1) is 28.5 Å². The second-order valence-electron chi connectivity index (χ2n) is 9.62. The lowest BCUT2D eigenvalue weighted by atomic mass is 10.2. The molecule has 39 heavy (non-hydrogen) atoms. The second-order valence-corrected chi connectivity index (χ2v) is 14.3. The number of carbonyl (C=O) groups is 1. The first kappa shape index (κ1) is 28.8. The Bertz CT molecular complexity index is 1760. The molecule has 4 aromatic rings. The van der Waals surface area contributed by atoms with Crippen LogP contribution in [0.5, 0.6) is 0 Å². The van der Waals surface area contributed by atoms with Gasteiger partial charge in [-0.25, -0.2) is 26.8 Å². The Morgan fingerprint density at radius 2 is 1.64 bits per heavy atom. The zero-order chi connectivity index (χ0) is 28.8. The number of anilines is 1. The van der Waals surface area contributed by atoms with Gasteiger partial charge in [0, 0.05) is 27.9 Å². The Morgan fingerprint density at radius 3 is 2.21 bits per heavy atom. The standard InChI is InChI=1S/C25H24Cl2N4O6S2/c1-25(2,3)37-24(32)15-31(39(35,36)20-11-17(26)10-18(27)12-20)19-5-6-21-16(9-19)7-8-30(21)22-13-29-23(14-28-22)38(4,33)34/h5-14H,15H2,1-4H3. The van der Waals surface area contributed by atoms with Crippen molar-refractivity contribution in [3.8, 4) is 5.82 Å². The fourth-order valence-electron chi connectivity index (χ4n) is 3.72. The second kappa shape index (κ2) is 10.4. The van der Waals surface area contributed by atoms with Crippen molar-refractivity contribution in [3.05, 3.63) is 71.1 Å². The average molecular weight is 612 g/mol. The number of carbonyl (C=O) groups excluding carboxylic acids is 1. The maximum Gasteiger partial charge on any atom is 0.327 e. The quantitative estimate of drug-likeness (QED) is 0.276. The third-order valence-corrected chi connectivity index (χ3v) is 8.48. The van der Waals surface area contributed by atoms with Gasteiger partial charge in [0.1, 0.15) is 12.1 Å². The van der Waals surface area contributed by atoms with Crippen LogP contribution in [0.1, 0.15) is 20.8 Å². The van der Waals surface area contributed by atoms with E-state index in [0.717, 1.165) is 16.8 Å². The van der Waals surface area contributed by atoms with Gasteiger partial charge in [-0.05, 0) is 63.2 Å². The third kappa shape index (κ3) is 6.52. The monoisotopic (exact) mass is 610 g/mol. The van der Waals surface area contributed by atoms with Crippen molar-refractivity contribution in [2.75, 3.05) is 17.1 Å². The number of halogens is 2. The number of rotatable bonds is 7. The number of aromatic nitrogens is 3. The molecule has 0 bridgehead atoms. The molecule has 2 aromatic carbocycles. The van der Waals surface area contributed by atoms with E-state index in [4.69, 9.17) is 27.9 Å². The highest BCUT2D eigenvalue weighted by molar-refractivity contribution is 7.93. The minimum Gasteiger partial charge on any atom is -0.459 e. The summed E-state index contributed by atoms with van der Waals surface area (Å²) in [4.78, 5) is 20.7. The lowest BCUT2D eigenvalue weighted by Crippen LogP contribution is -2.39. The van der Waals surface area contributed by atoms with E-state index in [1.807, 2.05) is 0 Å². The van der Waals surface area contributed by atoms with Crippen LogP contribution >= 0.6 is 23.2 Å². The molecule has 0 saturated carbocycles. The molecule has 0 saturated heterocycles. The Kier molecular flexibility index (Phi) is 7.69. The normalized spacial score (nSPS) is 12.5. The summed E-state index contributed by atoms with van der Waals surface area (Å²) < 4.78 is 58.9. The predicted octanol–water partition coefficient (Wildman–Crippen LogP) is 4.67. The van der Waals surface area contributed by atoms with Crippen LogP contribution in [0.4, 0.5) is 5.69 Å². The van der Waals surface area contributed by atoms with Gasteiger partial charge in [-0.15, -0.1) is 0 Å². The maximum absolute atomic E-state index is 13.7. The van der Waals surface area contributed by atoms with E-state index in [9.17, 15) is 21.6 Å². The smallest absolute Gasteiger partial charge is 0.327 e. The van der Waals surface area contributed by atoms with Gasteiger partial charge in [0.2, 0.25) is 0 Å². The molecule has 0 N–H and O–H groups in total. The topological polar surface area (TPSA) is 129 Å². The van der Waals surface area contributed by atoms with Gasteiger partial charge in [0.15, 0.2) is 20.7 Å². The number of nitrogens with zero attached hydrogens (tertiary/aromatic N) is 4. The number of sulfone groups is 1. The Hall–Kier alpha value is -3.19. The molecule has 14 heteroatoms. The molecule has 0 aliphatic rings. The molecule has 0 aliphatic heterocycles. The van der Waals surface area contributed by atoms with E-state index in [1.165, 1.54) is 30.5 Å². The van der Waals surface area contributed by atoms with Gasteiger partial charge >= 0.3 is 5.97 Å². The summed E-state index contributed by atoms with van der Waals surface area (Å²) in [6.45, 7) is 4.44. The molecule has 0 aliphatic carbocycles. The van der Waals surface area contributed by atoms with Gasteiger partial charge in [-0.3, -0.25) is 13.7 Å². The number of ether oxygens (including phenoxy) is 1. The fourth-order valence-corrected chi connectivity index (χ4v) is 6.34. The van der Waals surface area contributed by atoms with Crippen molar-refractivity contribution >= 4 is 65.6 Å². The molecule has 0 fully saturated rings. The molecule has 2 aromatic heterocycles. The summed E-state index contributed by atoms with van der Waals surface area (Å²) in [6.07, 6.45) is 5.21. The van der Waals surface area contributed by atoms with E-state index in [0.29, 0.717) is 16.7 Å². The summed E-state index contributed by atoms with van der Waals surface area (Å²) in [6, 6.07) is 10.4. The van der Waals surface area contributed by atoms with Crippen LogP contribution in [0.25, 0.3) is 16.7 Å². The number of benzene rings is 2. The number of esters is 1. The van der Waals surface area contributed by atoms with E-state index in [2.05, 4.69) is 9.97 Å². The Balaban J connectivity index is 1.78. The largest absolute Gasteiger partial charge is 0.459 e. The van der Waals surface area contributed by atoms with Crippen LogP contribution in [-0.4, -0.2) is 55.7 Å². The van der Waals surface area contributed by atoms with Crippen LogP contribution in [-0.2, 0) is 29.4 Å². The first-order chi connectivity index (χ1) is 18.0. The van der Waals surface area contributed by atoms with E-state index < -0.39 is 38.0 Å². The number of fused-ring (bicyclic) bond motifs is 1. The summed E-state index contributed by atoms with van der Waals surface area (Å²) in [7, 11) is -7.81. The molecule has 0 spiro atoms. The first-order valence-electron chi connectivity index (χ1n) is 11.4. The molecule has 4 rings (SSSR count). The summed E-state index contributed by atoms with van der Waals surface area (Å²) in [5.74, 6) is -0.393. The van der Waals surface area contributed by atoms with Crippen molar-refractivity contribution in [3.63, 3.8) is 0 Å². The highest BCUT2D eigenvalue weighted by Crippen LogP contribution is 2.31. The molecule has 10 nitrogen and oxygen atoms in total. The summed E-state index contributed by atoms with van der Waals surface area (Å²) in [5.41, 5.74) is 0.00193. The molecule has 0 atom stereocenters. The molecule has 0 radical (unpaired) electrons. The van der Waals surface area contributed by atoms with E-state index in [-0.39, 0.29) is 25.7 Å². The highest BCUT2D eigenvalue weighted by Gasteiger charge is 2.30. The van der Waals surface area contributed by atoms with Crippen molar-refractivity contribution in [2.45, 2.75) is 36.3 Å². The van der Waals surface area contributed by atoms with Gasteiger partial charge in [-0.1, -0.05) is 23.2 Å². The van der Waals surface area contributed by atoms with Crippen LogP contribution < -0.4 is 4.31 Å². The van der Waals surface area contributed by atoms with Crippen LogP contribution in [0.2, 0.25) is 10.0 Å². The van der Waals surface area contributed by atoms with Crippen LogP contribution in [0.15, 0.2) is 71.0 Å². The molecular weight excluding hydrogens is 587 g/mol. The SMILES string of the molecule is CC(C)(C)OC(=O)CN(c1ccc2c(ccn2-c2cnc(S(C)(=O)=O)cn2)c1)S(=O)(=O)c1cc(Cl)cc(Cl)c1. The van der Waals surface area contributed by atoms with Gasteiger partial charge in [0.25, 0.3) is 10.0 Å². The molecule has 0 amide bonds. The lowest BCUT2D eigenvalue weighted by Gasteiger charge is -2.26. The van der Waals surface area contributed by atoms with Gasteiger partial charge in [-0.2, -0.15) is 0 Å². The summed E-state index contributed by atoms with van der Waals surface area (Å²) >= 11 is 12.1. The van der Waals surface area contributed by atoms with Crippen molar-refractivity contribution in [2.24, 2.45) is 0 Å². The molecular formula is C25H24Cl2N4O6S2.